The van der Waals surface area contributed by atoms with Crippen LogP contribution in [0, 0.1) is 0 Å². The van der Waals surface area contributed by atoms with Gasteiger partial charge in [-0.15, -0.1) is 0 Å². The number of amides is 1. The predicted molar refractivity (Wildman–Crippen MR) is 74.2 cm³/mol. The van der Waals surface area contributed by atoms with Crippen molar-refractivity contribution in [2.24, 2.45) is 0 Å². The molecule has 3 N–H and O–H groups in total. The average molecular weight is 332 g/mol. The number of phenols is 2. The van der Waals surface area contributed by atoms with Crippen molar-refractivity contribution in [3.63, 3.8) is 0 Å². The van der Waals surface area contributed by atoms with Crippen LogP contribution in [-0.2, 0) is 6.18 Å². The van der Waals surface area contributed by atoms with Crippen LogP contribution in [0.5, 0.6) is 11.5 Å². The molecule has 1 amide bonds. The highest BCUT2D eigenvalue weighted by Crippen LogP contribution is 2.36. The van der Waals surface area contributed by atoms with Crippen molar-refractivity contribution in [2.45, 2.75) is 6.18 Å². The summed E-state index contributed by atoms with van der Waals surface area (Å²) < 4.78 is 38.2. The van der Waals surface area contributed by atoms with Crippen molar-refractivity contribution in [1.82, 2.24) is 0 Å². The third kappa shape index (κ3) is 3.25. The summed E-state index contributed by atoms with van der Waals surface area (Å²) >= 11 is 5.47. The molecule has 22 heavy (non-hydrogen) atoms. The van der Waals surface area contributed by atoms with Crippen LogP contribution in [0.25, 0.3) is 0 Å². The Labute approximate surface area is 127 Å². The molecule has 2 aromatic carbocycles. The fourth-order valence-electron chi connectivity index (χ4n) is 1.77. The van der Waals surface area contributed by atoms with Crippen molar-refractivity contribution < 1.29 is 28.2 Å². The smallest absolute Gasteiger partial charge is 0.417 e. The van der Waals surface area contributed by atoms with Crippen LogP contribution in [0.2, 0.25) is 5.02 Å². The zero-order chi connectivity index (χ0) is 16.5. The lowest BCUT2D eigenvalue weighted by atomic mass is 10.1. The van der Waals surface area contributed by atoms with Crippen LogP contribution in [0.1, 0.15) is 15.9 Å². The minimum Gasteiger partial charge on any atom is -0.507 e. The van der Waals surface area contributed by atoms with Crippen LogP contribution < -0.4 is 5.32 Å². The molecule has 2 aromatic rings. The van der Waals surface area contributed by atoms with Crippen LogP contribution in [0.4, 0.5) is 18.9 Å². The fraction of sp³-hybridized carbons (Fsp3) is 0.0714. The summed E-state index contributed by atoms with van der Waals surface area (Å²) in [4.78, 5) is 12.0. The summed E-state index contributed by atoms with van der Waals surface area (Å²) in [5.41, 5.74) is -1.72. The highest BCUT2D eigenvalue weighted by atomic mass is 35.5. The Morgan fingerprint density at radius 3 is 2.23 bits per heavy atom. The Balaban J connectivity index is 2.34. The van der Waals surface area contributed by atoms with Gasteiger partial charge in [0.25, 0.3) is 5.91 Å². The van der Waals surface area contributed by atoms with Gasteiger partial charge in [-0.25, -0.2) is 0 Å². The van der Waals surface area contributed by atoms with E-state index < -0.39 is 39.7 Å². The van der Waals surface area contributed by atoms with E-state index in [1.54, 1.807) is 0 Å². The lowest BCUT2D eigenvalue weighted by molar-refractivity contribution is -0.137. The Kier molecular flexibility index (Phi) is 4.18. The molecular weight excluding hydrogens is 323 g/mol. The van der Waals surface area contributed by atoms with Crippen molar-refractivity contribution in [3.05, 3.63) is 52.5 Å². The molecule has 4 nitrogen and oxygen atoms in total. The molecule has 0 spiro atoms. The first-order valence-corrected chi connectivity index (χ1v) is 6.27. The van der Waals surface area contributed by atoms with Crippen LogP contribution >= 0.6 is 11.6 Å². The molecule has 2 rings (SSSR count). The molecular formula is C14H9ClF3NO3. The standard InChI is InChI=1S/C14H9ClF3NO3/c15-9-5-4-7(6-8(9)14(16,17)18)19-13(22)12-10(20)2-1-3-11(12)21/h1-6,20-21H,(H,19,22). The van der Waals surface area contributed by atoms with Gasteiger partial charge < -0.3 is 15.5 Å². The topological polar surface area (TPSA) is 69.6 Å². The number of aromatic hydroxyl groups is 2. The summed E-state index contributed by atoms with van der Waals surface area (Å²) in [5.74, 6) is -1.95. The van der Waals surface area contributed by atoms with Gasteiger partial charge >= 0.3 is 6.18 Å². The maximum absolute atomic E-state index is 12.7. The van der Waals surface area contributed by atoms with E-state index in [4.69, 9.17) is 11.6 Å². The molecule has 0 atom stereocenters. The molecule has 0 saturated carbocycles. The lowest BCUT2D eigenvalue weighted by Crippen LogP contribution is -2.14. The molecule has 8 heteroatoms. The van der Waals surface area contributed by atoms with E-state index in [1.165, 1.54) is 12.1 Å². The Hall–Kier alpha value is -2.41. The number of anilines is 1. The van der Waals surface area contributed by atoms with Gasteiger partial charge in [0.1, 0.15) is 17.1 Å². The minimum atomic E-state index is -4.67. The number of rotatable bonds is 2. The summed E-state index contributed by atoms with van der Waals surface area (Å²) in [5, 5.41) is 20.7. The first-order valence-electron chi connectivity index (χ1n) is 5.89. The zero-order valence-corrected chi connectivity index (χ0v) is 11.5. The summed E-state index contributed by atoms with van der Waals surface area (Å²) in [6.45, 7) is 0. The quantitative estimate of drug-likeness (QED) is 0.778. The summed E-state index contributed by atoms with van der Waals surface area (Å²) in [6, 6.07) is 6.47. The van der Waals surface area contributed by atoms with Gasteiger partial charge in [-0.05, 0) is 30.3 Å². The lowest BCUT2D eigenvalue weighted by Gasteiger charge is -2.12. The van der Waals surface area contributed by atoms with Gasteiger partial charge in [0, 0.05) is 5.69 Å². The van der Waals surface area contributed by atoms with Crippen molar-refractivity contribution in [3.8, 4) is 11.5 Å². The van der Waals surface area contributed by atoms with E-state index >= 15 is 0 Å². The number of hydrogen-bond acceptors (Lipinski definition) is 3. The predicted octanol–water partition coefficient (Wildman–Crippen LogP) is 4.02. The third-order valence-corrected chi connectivity index (χ3v) is 3.11. The van der Waals surface area contributed by atoms with Crippen molar-refractivity contribution >= 4 is 23.2 Å². The number of nitrogens with one attached hydrogen (secondary N) is 1. The van der Waals surface area contributed by atoms with Gasteiger partial charge in [-0.3, -0.25) is 4.79 Å². The maximum atomic E-state index is 12.7. The second kappa shape index (κ2) is 5.76. The van der Waals surface area contributed by atoms with Crippen molar-refractivity contribution in [2.75, 3.05) is 5.32 Å². The van der Waals surface area contributed by atoms with E-state index in [0.29, 0.717) is 6.07 Å². The van der Waals surface area contributed by atoms with Gasteiger partial charge in [0.05, 0.1) is 10.6 Å². The van der Waals surface area contributed by atoms with E-state index in [1.807, 2.05) is 0 Å². The first kappa shape index (κ1) is 16.0. The average Bonchev–Trinajstić information content (AvgIpc) is 2.39. The molecule has 0 saturated heterocycles. The van der Waals surface area contributed by atoms with Gasteiger partial charge in [0.15, 0.2) is 0 Å². The van der Waals surface area contributed by atoms with Gasteiger partial charge in [0.2, 0.25) is 0 Å². The molecule has 0 bridgehead atoms. The fourth-order valence-corrected chi connectivity index (χ4v) is 2.00. The number of carbonyl (C=O) groups excluding carboxylic acids is 1. The number of benzene rings is 2. The highest BCUT2D eigenvalue weighted by Gasteiger charge is 2.33. The molecule has 0 heterocycles. The molecule has 0 radical (unpaired) electrons. The van der Waals surface area contributed by atoms with Crippen LogP contribution in [0.3, 0.4) is 0 Å². The second-order valence-corrected chi connectivity index (χ2v) is 4.72. The van der Waals surface area contributed by atoms with Gasteiger partial charge in [-0.1, -0.05) is 17.7 Å². The minimum absolute atomic E-state index is 0.177. The van der Waals surface area contributed by atoms with E-state index in [-0.39, 0.29) is 5.69 Å². The number of phenolic OH excluding ortho intramolecular Hbond substituents is 2. The van der Waals surface area contributed by atoms with Crippen LogP contribution in [0.15, 0.2) is 36.4 Å². The Bertz CT molecular complexity index is 712. The summed E-state index contributed by atoms with van der Waals surface area (Å²) in [6.07, 6.45) is -4.67. The largest absolute Gasteiger partial charge is 0.507 e. The number of halogens is 4. The SMILES string of the molecule is O=C(Nc1ccc(Cl)c(C(F)(F)F)c1)c1c(O)cccc1O. The molecule has 0 aliphatic heterocycles. The molecule has 0 aromatic heterocycles. The van der Waals surface area contributed by atoms with Crippen molar-refractivity contribution in [1.29, 1.82) is 0 Å². The van der Waals surface area contributed by atoms with E-state index in [0.717, 1.165) is 18.2 Å². The highest BCUT2D eigenvalue weighted by molar-refractivity contribution is 6.31. The van der Waals surface area contributed by atoms with E-state index in [9.17, 15) is 28.2 Å². The normalized spacial score (nSPS) is 11.3. The zero-order valence-electron chi connectivity index (χ0n) is 10.8. The molecule has 0 fully saturated rings. The molecule has 0 unspecified atom stereocenters. The molecule has 116 valence electrons. The Morgan fingerprint density at radius 1 is 1.09 bits per heavy atom. The molecule has 0 aliphatic carbocycles. The number of carbonyl (C=O) groups is 1. The van der Waals surface area contributed by atoms with Gasteiger partial charge in [-0.2, -0.15) is 13.2 Å². The third-order valence-electron chi connectivity index (χ3n) is 2.78. The number of hydrogen-bond donors (Lipinski definition) is 3. The van der Waals surface area contributed by atoms with E-state index in [2.05, 4.69) is 5.32 Å². The molecule has 0 aliphatic rings. The Morgan fingerprint density at radius 2 is 1.68 bits per heavy atom. The number of alkyl halides is 3. The monoisotopic (exact) mass is 331 g/mol. The maximum Gasteiger partial charge on any atom is 0.417 e. The van der Waals surface area contributed by atoms with Crippen LogP contribution in [-0.4, -0.2) is 16.1 Å². The second-order valence-electron chi connectivity index (χ2n) is 4.32. The first-order chi connectivity index (χ1) is 10.2. The summed E-state index contributed by atoms with van der Waals surface area (Å²) in [7, 11) is 0.